The molecule has 2 aromatic rings. The van der Waals surface area contributed by atoms with Crippen molar-refractivity contribution in [3.05, 3.63) is 36.0 Å². The number of aromatic nitrogens is 2. The number of carbonyl (C=O) groups excluding carboxylic acids is 1. The van der Waals surface area contributed by atoms with E-state index in [9.17, 15) is 13.2 Å². The summed E-state index contributed by atoms with van der Waals surface area (Å²) in [4.78, 5) is 24.0. The summed E-state index contributed by atoms with van der Waals surface area (Å²) >= 11 is 0. The van der Waals surface area contributed by atoms with Gasteiger partial charge in [-0.2, -0.15) is 0 Å². The van der Waals surface area contributed by atoms with Crippen molar-refractivity contribution in [2.45, 2.75) is 61.1 Å². The summed E-state index contributed by atoms with van der Waals surface area (Å²) in [5.41, 5.74) is 1.99. The molecule has 0 bridgehead atoms. The molecule has 10 nitrogen and oxygen atoms in total. The van der Waals surface area contributed by atoms with Gasteiger partial charge in [-0.3, -0.25) is 0 Å². The number of carbonyl (C=O) groups is 1. The first-order valence-corrected chi connectivity index (χ1v) is 14.6. The molecule has 2 aliphatic carbocycles. The van der Waals surface area contributed by atoms with Gasteiger partial charge in [-0.05, 0) is 63.3 Å². The van der Waals surface area contributed by atoms with Crippen LogP contribution in [0.3, 0.4) is 0 Å². The molecule has 1 aromatic carbocycles. The lowest BCUT2D eigenvalue weighted by Crippen LogP contribution is -2.44. The minimum Gasteiger partial charge on any atom is -0.380 e. The third-order valence-electron chi connectivity index (χ3n) is 7.73. The standard InChI is InChI=1S/C26H33N5O5S/c1-17-15-36-13-11-31(17)23-14-22(26(9-10-26)37(33,34)21-8-12-35-16-21)29-24(30-23)18-2-4-19(5-3-18)27-25(32)28-20-6-7-20/h2-5,14,17,20-21H,6-13,15-16H2,1H3,(H2,27,28,32)/t17-,21?/m0/s1. The van der Waals surface area contributed by atoms with Crippen LogP contribution in [0.25, 0.3) is 11.4 Å². The van der Waals surface area contributed by atoms with Crippen LogP contribution in [-0.4, -0.2) is 74.7 Å². The molecule has 0 radical (unpaired) electrons. The lowest BCUT2D eigenvalue weighted by molar-refractivity contribution is 0.0985. The summed E-state index contributed by atoms with van der Waals surface area (Å²) in [6, 6.07) is 9.38. The van der Waals surface area contributed by atoms with Gasteiger partial charge in [0.15, 0.2) is 15.7 Å². The van der Waals surface area contributed by atoms with Gasteiger partial charge in [-0.15, -0.1) is 0 Å². The third kappa shape index (κ3) is 4.80. The van der Waals surface area contributed by atoms with Gasteiger partial charge in [0.2, 0.25) is 0 Å². The van der Waals surface area contributed by atoms with E-state index in [0.29, 0.717) is 68.7 Å². The van der Waals surface area contributed by atoms with Gasteiger partial charge in [-0.1, -0.05) is 0 Å². The number of hydrogen-bond donors (Lipinski definition) is 2. The fraction of sp³-hybridized carbons (Fsp3) is 0.577. The molecule has 6 rings (SSSR count). The predicted molar refractivity (Wildman–Crippen MR) is 139 cm³/mol. The topological polar surface area (TPSA) is 123 Å². The number of nitrogens with one attached hydrogen (secondary N) is 2. The summed E-state index contributed by atoms with van der Waals surface area (Å²) < 4.78 is 37.5. The molecule has 2 amide bonds. The van der Waals surface area contributed by atoms with E-state index >= 15 is 0 Å². The number of hydrogen-bond acceptors (Lipinski definition) is 8. The number of amides is 2. The molecule has 2 saturated heterocycles. The lowest BCUT2D eigenvalue weighted by Gasteiger charge is -2.35. The Morgan fingerprint density at radius 1 is 1.05 bits per heavy atom. The van der Waals surface area contributed by atoms with Crippen LogP contribution >= 0.6 is 0 Å². The van der Waals surface area contributed by atoms with Crippen molar-refractivity contribution < 1.29 is 22.7 Å². The first kappa shape index (κ1) is 24.6. The first-order valence-electron chi connectivity index (χ1n) is 13.1. The van der Waals surface area contributed by atoms with E-state index in [1.807, 2.05) is 30.3 Å². The average molecular weight is 528 g/mol. The Morgan fingerprint density at radius 2 is 1.81 bits per heavy atom. The van der Waals surface area contributed by atoms with Crippen molar-refractivity contribution in [2.75, 3.05) is 43.2 Å². The fourth-order valence-corrected chi connectivity index (χ4v) is 7.56. The Morgan fingerprint density at radius 3 is 2.46 bits per heavy atom. The van der Waals surface area contributed by atoms with E-state index in [0.717, 1.165) is 18.4 Å². The number of rotatable bonds is 7. The number of urea groups is 1. The monoisotopic (exact) mass is 527 g/mol. The van der Waals surface area contributed by atoms with E-state index < -0.39 is 19.8 Å². The van der Waals surface area contributed by atoms with Crippen LogP contribution in [-0.2, 0) is 24.1 Å². The molecule has 37 heavy (non-hydrogen) atoms. The zero-order chi connectivity index (χ0) is 25.6. The number of sulfone groups is 1. The summed E-state index contributed by atoms with van der Waals surface area (Å²) in [5.74, 6) is 1.19. The SMILES string of the molecule is C[C@H]1COCCN1c1cc(C2(S(=O)(=O)C3CCOC3)CC2)nc(-c2ccc(NC(=O)NC3CC3)cc2)n1. The van der Waals surface area contributed by atoms with E-state index in [-0.39, 0.29) is 24.7 Å². The van der Waals surface area contributed by atoms with Crippen molar-refractivity contribution in [2.24, 2.45) is 0 Å². The van der Waals surface area contributed by atoms with E-state index in [1.165, 1.54) is 0 Å². The summed E-state index contributed by atoms with van der Waals surface area (Å²) in [6.45, 7) is 4.65. The summed E-state index contributed by atoms with van der Waals surface area (Å²) in [7, 11) is -3.48. The molecular formula is C26H33N5O5S. The van der Waals surface area contributed by atoms with E-state index in [4.69, 9.17) is 19.4 Å². The van der Waals surface area contributed by atoms with Crippen LogP contribution in [0, 0.1) is 0 Å². The predicted octanol–water partition coefficient (Wildman–Crippen LogP) is 2.85. The average Bonchev–Trinajstić information content (AvgIpc) is 3.82. The number of ether oxygens (including phenoxy) is 2. The van der Waals surface area contributed by atoms with Crippen molar-refractivity contribution in [1.82, 2.24) is 15.3 Å². The Labute approximate surface area is 217 Å². The van der Waals surface area contributed by atoms with Gasteiger partial charge >= 0.3 is 6.03 Å². The maximum Gasteiger partial charge on any atom is 0.319 e. The van der Waals surface area contributed by atoms with Crippen LogP contribution < -0.4 is 15.5 Å². The third-order valence-corrected chi connectivity index (χ3v) is 10.7. The number of benzene rings is 1. The Bertz CT molecular complexity index is 1270. The maximum atomic E-state index is 13.7. The molecule has 4 aliphatic rings. The minimum atomic E-state index is -3.48. The molecule has 11 heteroatoms. The van der Waals surface area contributed by atoms with Crippen LogP contribution in [0.15, 0.2) is 30.3 Å². The van der Waals surface area contributed by atoms with Gasteiger partial charge in [0.1, 0.15) is 10.6 Å². The van der Waals surface area contributed by atoms with E-state index in [2.05, 4.69) is 22.5 Å². The van der Waals surface area contributed by atoms with Crippen molar-refractivity contribution in [1.29, 1.82) is 0 Å². The van der Waals surface area contributed by atoms with Crippen LogP contribution in [0.2, 0.25) is 0 Å². The second-order valence-corrected chi connectivity index (χ2v) is 13.1. The largest absolute Gasteiger partial charge is 0.380 e. The van der Waals surface area contributed by atoms with Gasteiger partial charge in [0.05, 0.1) is 36.8 Å². The molecule has 1 unspecified atom stereocenters. The summed E-state index contributed by atoms with van der Waals surface area (Å²) in [5, 5.41) is 5.27. The Balaban J connectivity index is 1.34. The summed E-state index contributed by atoms with van der Waals surface area (Å²) in [6.07, 6.45) is 3.68. The highest BCUT2D eigenvalue weighted by Crippen LogP contribution is 2.55. The van der Waals surface area contributed by atoms with Gasteiger partial charge in [0, 0.05) is 36.5 Å². The molecule has 0 spiro atoms. The lowest BCUT2D eigenvalue weighted by atomic mass is 10.1. The molecule has 4 fully saturated rings. The quantitative estimate of drug-likeness (QED) is 0.564. The van der Waals surface area contributed by atoms with Crippen molar-refractivity contribution in [3.63, 3.8) is 0 Å². The van der Waals surface area contributed by atoms with Crippen molar-refractivity contribution >= 4 is 27.4 Å². The minimum absolute atomic E-state index is 0.107. The van der Waals surface area contributed by atoms with E-state index in [1.54, 1.807) is 0 Å². The zero-order valence-electron chi connectivity index (χ0n) is 21.0. The van der Waals surface area contributed by atoms with Crippen LogP contribution in [0.4, 0.5) is 16.3 Å². The van der Waals surface area contributed by atoms with Gasteiger partial charge < -0.3 is 25.0 Å². The zero-order valence-corrected chi connectivity index (χ0v) is 21.8. The maximum absolute atomic E-state index is 13.7. The highest BCUT2D eigenvalue weighted by Gasteiger charge is 2.60. The first-order chi connectivity index (χ1) is 17.9. The van der Waals surface area contributed by atoms with Crippen LogP contribution in [0.5, 0.6) is 0 Å². The molecule has 2 saturated carbocycles. The van der Waals surface area contributed by atoms with Crippen LogP contribution in [0.1, 0.15) is 44.7 Å². The smallest absolute Gasteiger partial charge is 0.319 e. The molecular weight excluding hydrogens is 494 g/mol. The Hall–Kier alpha value is -2.76. The highest BCUT2D eigenvalue weighted by atomic mass is 32.2. The van der Waals surface area contributed by atoms with Crippen molar-refractivity contribution in [3.8, 4) is 11.4 Å². The second-order valence-electron chi connectivity index (χ2n) is 10.5. The number of nitrogens with zero attached hydrogens (tertiary/aromatic N) is 3. The number of anilines is 2. The fourth-order valence-electron chi connectivity index (χ4n) is 5.17. The molecule has 198 valence electrons. The highest BCUT2D eigenvalue weighted by molar-refractivity contribution is 7.93. The normalized spacial score (nSPS) is 25.1. The Kier molecular flexibility index (Phi) is 6.32. The molecule has 2 N–H and O–H groups in total. The second kappa shape index (κ2) is 9.52. The number of morpholine rings is 1. The molecule has 3 heterocycles. The van der Waals surface area contributed by atoms with Gasteiger partial charge in [0.25, 0.3) is 0 Å². The molecule has 2 aliphatic heterocycles. The van der Waals surface area contributed by atoms with Gasteiger partial charge in [-0.25, -0.2) is 23.2 Å². The molecule has 1 aromatic heterocycles. The molecule has 2 atom stereocenters.